The molecule has 0 aliphatic carbocycles. The van der Waals surface area contributed by atoms with Crippen molar-refractivity contribution in [3.05, 3.63) is 53.6 Å². The summed E-state index contributed by atoms with van der Waals surface area (Å²) < 4.78 is 15.2. The van der Waals surface area contributed by atoms with Gasteiger partial charge >= 0.3 is 12.1 Å². The first kappa shape index (κ1) is 20.7. The van der Waals surface area contributed by atoms with E-state index in [9.17, 15) is 14.4 Å². The smallest absolute Gasteiger partial charge is 0.414 e. The summed E-state index contributed by atoms with van der Waals surface area (Å²) in [6.45, 7) is 3.51. The van der Waals surface area contributed by atoms with Gasteiger partial charge in [-0.3, -0.25) is 9.69 Å². The Morgan fingerprint density at radius 3 is 2.32 bits per heavy atom. The Morgan fingerprint density at radius 2 is 1.68 bits per heavy atom. The lowest BCUT2D eigenvalue weighted by Gasteiger charge is -2.29. The van der Waals surface area contributed by atoms with Crippen molar-refractivity contribution >= 4 is 35.0 Å². The van der Waals surface area contributed by atoms with Gasteiger partial charge in [-0.25, -0.2) is 9.59 Å². The van der Waals surface area contributed by atoms with Crippen LogP contribution in [0.5, 0.6) is 0 Å². The second-order valence-electron chi connectivity index (χ2n) is 7.09. The van der Waals surface area contributed by atoms with Crippen molar-refractivity contribution in [3.8, 4) is 0 Å². The third-order valence-electron chi connectivity index (χ3n) is 5.23. The highest BCUT2D eigenvalue weighted by atomic mass is 16.6. The number of carbonyl (C=O) groups excluding carboxylic acids is 3. The lowest BCUT2D eigenvalue weighted by atomic mass is 10.1. The van der Waals surface area contributed by atoms with E-state index in [0.717, 1.165) is 18.8 Å². The first-order valence-electron chi connectivity index (χ1n) is 9.97. The molecule has 0 spiro atoms. The second-order valence-corrected chi connectivity index (χ2v) is 7.09. The molecule has 0 aromatic heterocycles. The molecule has 0 atom stereocenters. The molecule has 0 saturated carbocycles. The number of hydrogen-bond acceptors (Lipinski definition) is 7. The second kappa shape index (κ2) is 9.05. The molecule has 0 bridgehead atoms. The quantitative estimate of drug-likeness (QED) is 0.735. The highest BCUT2D eigenvalue weighted by Gasteiger charge is 2.24. The van der Waals surface area contributed by atoms with Crippen LogP contribution in [0, 0.1) is 0 Å². The molecule has 2 aliphatic rings. The Bertz CT molecular complexity index is 985. The fraction of sp³-hybridized carbons (Fsp3) is 0.318. The molecule has 2 aromatic carbocycles. The summed E-state index contributed by atoms with van der Waals surface area (Å²) in [4.78, 5) is 40.4. The molecule has 0 unspecified atom stereocenters. The summed E-state index contributed by atoms with van der Waals surface area (Å²) in [7, 11) is 1.30. The van der Waals surface area contributed by atoms with Crippen molar-refractivity contribution in [1.29, 1.82) is 0 Å². The largest absolute Gasteiger partial charge is 0.465 e. The number of benzene rings is 2. The Kier molecular flexibility index (Phi) is 6.03. The fourth-order valence-electron chi connectivity index (χ4n) is 3.55. The molecule has 1 N–H and O–H groups in total. The molecule has 2 aromatic rings. The van der Waals surface area contributed by atoms with Gasteiger partial charge in [0.15, 0.2) is 0 Å². The number of nitrogens with zero attached hydrogens (tertiary/aromatic N) is 2. The number of nitrogens with one attached hydrogen (secondary N) is 1. The first-order valence-corrected chi connectivity index (χ1v) is 9.97. The van der Waals surface area contributed by atoms with Gasteiger partial charge in [-0.05, 0) is 42.5 Å². The van der Waals surface area contributed by atoms with Gasteiger partial charge in [-0.15, -0.1) is 0 Å². The topological polar surface area (TPSA) is 97.4 Å². The SMILES string of the molecule is COC(=O)c1cc(N2CCOCC2)ccc1NC(=O)c1ccc(N2CCOC2=O)cc1. The highest BCUT2D eigenvalue weighted by Crippen LogP contribution is 2.26. The van der Waals surface area contributed by atoms with Crippen LogP contribution in [0.2, 0.25) is 0 Å². The minimum Gasteiger partial charge on any atom is -0.465 e. The summed E-state index contributed by atoms with van der Waals surface area (Å²) in [5.74, 6) is -0.909. The van der Waals surface area contributed by atoms with Crippen molar-refractivity contribution in [2.24, 2.45) is 0 Å². The number of amides is 2. The van der Waals surface area contributed by atoms with E-state index in [-0.39, 0.29) is 11.5 Å². The average Bonchev–Trinajstić information content (AvgIpc) is 3.25. The number of methoxy groups -OCH3 is 1. The molecule has 31 heavy (non-hydrogen) atoms. The van der Waals surface area contributed by atoms with E-state index in [4.69, 9.17) is 14.2 Å². The van der Waals surface area contributed by atoms with Crippen molar-refractivity contribution < 1.29 is 28.6 Å². The van der Waals surface area contributed by atoms with E-state index in [0.29, 0.717) is 43.3 Å². The van der Waals surface area contributed by atoms with Crippen LogP contribution in [0.4, 0.5) is 21.9 Å². The molecule has 9 nitrogen and oxygen atoms in total. The zero-order valence-corrected chi connectivity index (χ0v) is 17.1. The summed E-state index contributed by atoms with van der Waals surface area (Å²) >= 11 is 0. The van der Waals surface area contributed by atoms with E-state index in [1.807, 2.05) is 6.07 Å². The normalized spacial score (nSPS) is 16.1. The van der Waals surface area contributed by atoms with Crippen LogP contribution in [0.1, 0.15) is 20.7 Å². The first-order chi connectivity index (χ1) is 15.1. The van der Waals surface area contributed by atoms with Gasteiger partial charge in [-0.2, -0.15) is 0 Å². The number of ether oxygens (including phenoxy) is 3. The Labute approximate surface area is 179 Å². The number of rotatable bonds is 5. The van der Waals surface area contributed by atoms with E-state index in [2.05, 4.69) is 10.2 Å². The number of esters is 1. The van der Waals surface area contributed by atoms with Crippen LogP contribution in [0.25, 0.3) is 0 Å². The Balaban J connectivity index is 1.52. The monoisotopic (exact) mass is 425 g/mol. The minimum atomic E-state index is -0.534. The molecule has 162 valence electrons. The van der Waals surface area contributed by atoms with E-state index in [1.165, 1.54) is 12.0 Å². The molecule has 2 amide bonds. The zero-order chi connectivity index (χ0) is 21.8. The average molecular weight is 425 g/mol. The molecule has 2 fully saturated rings. The molecule has 4 rings (SSSR count). The van der Waals surface area contributed by atoms with E-state index in [1.54, 1.807) is 36.4 Å². The van der Waals surface area contributed by atoms with Crippen molar-refractivity contribution in [1.82, 2.24) is 0 Å². The van der Waals surface area contributed by atoms with Gasteiger partial charge in [0.25, 0.3) is 5.91 Å². The maximum atomic E-state index is 12.8. The van der Waals surface area contributed by atoms with Crippen LogP contribution in [-0.2, 0) is 14.2 Å². The third-order valence-corrected chi connectivity index (χ3v) is 5.23. The molecule has 2 aliphatic heterocycles. The van der Waals surface area contributed by atoms with Crippen LogP contribution in [0.3, 0.4) is 0 Å². The number of morpholine rings is 1. The number of cyclic esters (lactones) is 1. The van der Waals surface area contributed by atoms with Crippen LogP contribution in [0.15, 0.2) is 42.5 Å². The van der Waals surface area contributed by atoms with Gasteiger partial charge in [0.05, 0.1) is 38.1 Å². The molecule has 2 heterocycles. The maximum Gasteiger partial charge on any atom is 0.414 e. The summed E-state index contributed by atoms with van der Waals surface area (Å²) in [6.07, 6.45) is -0.403. The molecule has 0 radical (unpaired) electrons. The lowest BCUT2D eigenvalue weighted by Crippen LogP contribution is -2.36. The van der Waals surface area contributed by atoms with E-state index < -0.39 is 12.1 Å². The molecule has 9 heteroatoms. The van der Waals surface area contributed by atoms with Gasteiger partial charge < -0.3 is 24.4 Å². The molecule has 2 saturated heterocycles. The Morgan fingerprint density at radius 1 is 0.968 bits per heavy atom. The van der Waals surface area contributed by atoms with E-state index >= 15 is 0 Å². The summed E-state index contributed by atoms with van der Waals surface area (Å²) in [5, 5.41) is 2.78. The van der Waals surface area contributed by atoms with Crippen molar-refractivity contribution in [3.63, 3.8) is 0 Å². The predicted octanol–water partition coefficient (Wildman–Crippen LogP) is 2.52. The number of anilines is 3. The fourth-order valence-corrected chi connectivity index (χ4v) is 3.55. The van der Waals surface area contributed by atoms with Crippen LogP contribution >= 0.6 is 0 Å². The van der Waals surface area contributed by atoms with Gasteiger partial charge in [0, 0.05) is 30.0 Å². The third kappa shape index (κ3) is 4.46. The highest BCUT2D eigenvalue weighted by molar-refractivity contribution is 6.08. The lowest BCUT2D eigenvalue weighted by molar-refractivity contribution is 0.0602. The minimum absolute atomic E-state index is 0.274. The Hall–Kier alpha value is -3.59. The van der Waals surface area contributed by atoms with Gasteiger partial charge in [0.2, 0.25) is 0 Å². The van der Waals surface area contributed by atoms with Crippen LogP contribution in [-0.4, -0.2) is 64.5 Å². The number of hydrogen-bond donors (Lipinski definition) is 1. The zero-order valence-electron chi connectivity index (χ0n) is 17.1. The summed E-state index contributed by atoms with van der Waals surface area (Å²) in [6, 6.07) is 11.9. The predicted molar refractivity (Wildman–Crippen MR) is 114 cm³/mol. The van der Waals surface area contributed by atoms with Crippen molar-refractivity contribution in [2.75, 3.05) is 61.7 Å². The van der Waals surface area contributed by atoms with Crippen LogP contribution < -0.4 is 15.1 Å². The van der Waals surface area contributed by atoms with Gasteiger partial charge in [0.1, 0.15) is 6.61 Å². The molecular weight excluding hydrogens is 402 g/mol. The number of carbonyl (C=O) groups is 3. The van der Waals surface area contributed by atoms with Gasteiger partial charge in [-0.1, -0.05) is 0 Å². The molecular formula is C22H23N3O6. The maximum absolute atomic E-state index is 12.8. The summed E-state index contributed by atoms with van der Waals surface area (Å²) in [5.41, 5.74) is 2.55. The standard InChI is InChI=1S/C22H23N3O6/c1-29-21(27)18-14-17(24-8-11-30-12-9-24)6-7-19(18)23-20(26)15-2-4-16(5-3-15)25-10-13-31-22(25)28/h2-7,14H,8-13H2,1H3,(H,23,26). The van der Waals surface area contributed by atoms with Crippen molar-refractivity contribution in [2.45, 2.75) is 0 Å².